The van der Waals surface area contributed by atoms with E-state index in [4.69, 9.17) is 4.52 Å². The largest absolute Gasteiger partial charge is 0.410 e. The monoisotopic (exact) mass is 587 g/mol. The van der Waals surface area contributed by atoms with Gasteiger partial charge in [-0.05, 0) is 44.2 Å². The molecule has 4 heterocycles. The maximum atomic E-state index is 14.6. The fourth-order valence-corrected chi connectivity index (χ4v) is 5.18. The van der Waals surface area contributed by atoms with E-state index in [2.05, 4.69) is 20.6 Å². The summed E-state index contributed by atoms with van der Waals surface area (Å²) in [5.74, 6) is -3.98. The van der Waals surface area contributed by atoms with Crippen LogP contribution in [0.5, 0.6) is 0 Å². The van der Waals surface area contributed by atoms with E-state index in [1.165, 1.54) is 36.8 Å². The Labute approximate surface area is 229 Å². The lowest BCUT2D eigenvalue weighted by molar-refractivity contribution is -0.149. The number of alkyl halides is 6. The summed E-state index contributed by atoms with van der Waals surface area (Å²) < 4.78 is 87.7. The van der Waals surface area contributed by atoms with Crippen LogP contribution in [0.3, 0.4) is 0 Å². The van der Waals surface area contributed by atoms with E-state index >= 15 is 0 Å². The van der Waals surface area contributed by atoms with Crippen molar-refractivity contribution in [3.63, 3.8) is 0 Å². The third kappa shape index (κ3) is 6.10. The van der Waals surface area contributed by atoms with Gasteiger partial charge in [-0.1, -0.05) is 5.16 Å². The van der Waals surface area contributed by atoms with Crippen molar-refractivity contribution in [2.45, 2.75) is 75.9 Å². The fourth-order valence-electron chi connectivity index (χ4n) is 5.18. The lowest BCUT2D eigenvalue weighted by Crippen LogP contribution is -2.40. The van der Waals surface area contributed by atoms with Crippen LogP contribution in [0, 0.1) is 5.92 Å². The summed E-state index contributed by atoms with van der Waals surface area (Å²) in [6.07, 6.45) is -1.30. The number of amides is 3. The molecule has 2 aliphatic rings. The fraction of sp³-hybridized carbons (Fsp3) is 0.560. The first-order valence-corrected chi connectivity index (χ1v) is 12.9. The van der Waals surface area contributed by atoms with Crippen molar-refractivity contribution < 1.29 is 40.5 Å². The highest BCUT2D eigenvalue weighted by atomic mass is 19.4. The second-order valence-electron chi connectivity index (χ2n) is 11.0. The molecule has 1 saturated heterocycles. The molecule has 3 aromatic rings. The Morgan fingerprint density at radius 3 is 2.59 bits per heavy atom. The predicted octanol–water partition coefficient (Wildman–Crippen LogP) is 4.67. The molecule has 2 N–H and O–H groups in total. The van der Waals surface area contributed by atoms with Crippen LogP contribution in [-0.2, 0) is 12.2 Å². The summed E-state index contributed by atoms with van der Waals surface area (Å²) >= 11 is 0. The minimum absolute atomic E-state index is 0.0834. The Hall–Kier alpha value is -3.85. The summed E-state index contributed by atoms with van der Waals surface area (Å²) in [7, 11) is 0. The molecule has 0 spiro atoms. The van der Waals surface area contributed by atoms with E-state index in [1.807, 2.05) is 5.32 Å². The molecule has 1 aliphatic carbocycles. The third-order valence-corrected chi connectivity index (χ3v) is 7.37. The lowest BCUT2D eigenvalue weighted by Gasteiger charge is -2.33. The number of halogens is 6. The van der Waals surface area contributed by atoms with Gasteiger partial charge in [0.1, 0.15) is 23.6 Å². The number of urea groups is 1. The van der Waals surface area contributed by atoms with Crippen molar-refractivity contribution in [1.82, 2.24) is 35.3 Å². The zero-order chi connectivity index (χ0) is 29.7. The van der Waals surface area contributed by atoms with Crippen molar-refractivity contribution in [1.29, 1.82) is 0 Å². The smallest absolute Gasteiger partial charge is 0.364 e. The number of carbonyl (C=O) groups excluding carboxylic acids is 2. The molecule has 222 valence electrons. The van der Waals surface area contributed by atoms with Gasteiger partial charge in [0, 0.05) is 19.4 Å². The van der Waals surface area contributed by atoms with Gasteiger partial charge in [-0.15, -0.1) is 0 Å². The average molecular weight is 588 g/mol. The number of aromatic nitrogens is 4. The zero-order valence-corrected chi connectivity index (χ0v) is 22.0. The Bertz CT molecular complexity index is 1440. The quantitative estimate of drug-likeness (QED) is 0.388. The molecule has 10 nitrogen and oxygen atoms in total. The van der Waals surface area contributed by atoms with Crippen molar-refractivity contribution in [2.24, 2.45) is 5.92 Å². The first-order valence-electron chi connectivity index (χ1n) is 12.9. The molecule has 0 unspecified atom stereocenters. The first kappa shape index (κ1) is 28.7. The van der Waals surface area contributed by atoms with Crippen LogP contribution in [0.25, 0.3) is 5.65 Å². The molecule has 1 aliphatic heterocycles. The van der Waals surface area contributed by atoms with Crippen molar-refractivity contribution in [3.8, 4) is 0 Å². The van der Waals surface area contributed by atoms with Gasteiger partial charge in [0.2, 0.25) is 5.92 Å². The minimum atomic E-state index is -4.58. The van der Waals surface area contributed by atoms with E-state index in [0.717, 1.165) is 11.2 Å². The van der Waals surface area contributed by atoms with Crippen LogP contribution in [0.1, 0.15) is 72.9 Å². The number of carbonyl (C=O) groups is 2. The zero-order valence-electron chi connectivity index (χ0n) is 22.0. The molecule has 0 radical (unpaired) electrons. The second kappa shape index (κ2) is 10.2. The van der Waals surface area contributed by atoms with Crippen LogP contribution in [-0.4, -0.2) is 61.3 Å². The predicted molar refractivity (Wildman–Crippen MR) is 130 cm³/mol. The SMILES string of the molecule is CC(C)(F)c1nocc1C(=O)N[C@H](c1cn2ncc(CN3C[C@@H](C(F)(F)F)NC3=O)cc2n1)C1CCC(F)(F)CC1. The van der Waals surface area contributed by atoms with Gasteiger partial charge in [0.25, 0.3) is 5.91 Å². The van der Waals surface area contributed by atoms with Gasteiger partial charge in [0.05, 0.1) is 30.7 Å². The molecule has 5 rings (SSSR count). The molecule has 16 heteroatoms. The molecular weight excluding hydrogens is 560 g/mol. The van der Waals surface area contributed by atoms with Gasteiger partial charge in [0.15, 0.2) is 11.3 Å². The van der Waals surface area contributed by atoms with Crippen LogP contribution in [0.15, 0.2) is 29.2 Å². The lowest BCUT2D eigenvalue weighted by atomic mass is 9.81. The highest BCUT2D eigenvalue weighted by Gasteiger charge is 2.47. The number of nitrogens with one attached hydrogen (secondary N) is 2. The number of hydrogen-bond donors (Lipinski definition) is 2. The van der Waals surface area contributed by atoms with Crippen LogP contribution < -0.4 is 10.6 Å². The Kier molecular flexibility index (Phi) is 7.14. The molecule has 2 fully saturated rings. The standard InChI is InChI=1S/C25H27F6N7O3/c1-23(2,26)20-15(12-41-36-20)21(39)35-19(14-3-5-24(27,28)6-4-14)16-10-38-18(33-16)7-13(8-32-38)9-37-11-17(25(29,30)31)34-22(37)40/h7-8,10,12,14,17,19H,3-6,9,11H2,1-2H3,(H,34,40)(H,35,39)/t17-,19-/m0/s1. The summed E-state index contributed by atoms with van der Waals surface area (Å²) in [6, 6.07) is -2.17. The van der Waals surface area contributed by atoms with Crippen molar-refractivity contribution in [3.05, 3.63) is 47.2 Å². The van der Waals surface area contributed by atoms with E-state index in [1.54, 1.807) is 0 Å². The number of fused-ring (bicyclic) bond motifs is 1. The van der Waals surface area contributed by atoms with Gasteiger partial charge in [-0.3, -0.25) is 4.79 Å². The Balaban J connectivity index is 1.40. The van der Waals surface area contributed by atoms with E-state index < -0.39 is 54.3 Å². The molecule has 3 aromatic heterocycles. The van der Waals surface area contributed by atoms with Gasteiger partial charge in [-0.25, -0.2) is 27.5 Å². The Morgan fingerprint density at radius 1 is 1.24 bits per heavy atom. The van der Waals surface area contributed by atoms with Gasteiger partial charge < -0.3 is 20.1 Å². The molecular formula is C25H27F6N7O3. The summed E-state index contributed by atoms with van der Waals surface area (Å²) in [4.78, 5) is 30.8. The van der Waals surface area contributed by atoms with E-state index in [9.17, 15) is 35.9 Å². The van der Waals surface area contributed by atoms with Crippen LogP contribution in [0.2, 0.25) is 0 Å². The maximum Gasteiger partial charge on any atom is 0.410 e. The average Bonchev–Trinajstić information content (AvgIpc) is 3.60. The highest BCUT2D eigenvalue weighted by Crippen LogP contribution is 2.41. The van der Waals surface area contributed by atoms with Crippen LogP contribution in [0.4, 0.5) is 31.1 Å². The van der Waals surface area contributed by atoms with Gasteiger partial charge >= 0.3 is 12.2 Å². The summed E-state index contributed by atoms with van der Waals surface area (Å²) in [5, 5.41) is 12.5. The topological polar surface area (TPSA) is 118 Å². The minimum Gasteiger partial charge on any atom is -0.364 e. The molecule has 0 bridgehead atoms. The van der Waals surface area contributed by atoms with Crippen molar-refractivity contribution in [2.75, 3.05) is 6.54 Å². The molecule has 3 amide bonds. The molecule has 41 heavy (non-hydrogen) atoms. The molecule has 1 saturated carbocycles. The molecule has 0 aromatic carbocycles. The van der Waals surface area contributed by atoms with Gasteiger partial charge in [-0.2, -0.15) is 18.3 Å². The summed E-state index contributed by atoms with van der Waals surface area (Å²) in [5.41, 5.74) is -1.38. The van der Waals surface area contributed by atoms with E-state index in [-0.39, 0.29) is 49.1 Å². The highest BCUT2D eigenvalue weighted by molar-refractivity contribution is 5.95. The summed E-state index contributed by atoms with van der Waals surface area (Å²) in [6.45, 7) is 1.71. The maximum absolute atomic E-state index is 14.6. The third-order valence-electron chi connectivity index (χ3n) is 7.37. The van der Waals surface area contributed by atoms with Crippen molar-refractivity contribution >= 4 is 17.6 Å². The normalized spacial score (nSPS) is 20.8. The molecule has 2 atom stereocenters. The second-order valence-corrected chi connectivity index (χ2v) is 11.0. The number of imidazole rings is 1. The van der Waals surface area contributed by atoms with E-state index in [0.29, 0.717) is 11.3 Å². The van der Waals surface area contributed by atoms with Crippen LogP contribution >= 0.6 is 0 Å². The number of nitrogens with zero attached hydrogens (tertiary/aromatic N) is 5. The first-order chi connectivity index (χ1) is 19.1. The number of rotatable bonds is 7. The Morgan fingerprint density at radius 2 is 1.95 bits per heavy atom. The number of hydrogen-bond acceptors (Lipinski definition) is 6.